The highest BCUT2D eigenvalue weighted by Crippen LogP contribution is 2.47. The van der Waals surface area contributed by atoms with Gasteiger partial charge in [0.1, 0.15) is 0 Å². The number of nitrogens with one attached hydrogen (secondary N) is 1. The summed E-state index contributed by atoms with van der Waals surface area (Å²) in [7, 11) is 0. The first-order valence-corrected chi connectivity index (χ1v) is 7.68. The van der Waals surface area contributed by atoms with Crippen LogP contribution in [0.2, 0.25) is 5.02 Å². The molecule has 22 heavy (non-hydrogen) atoms. The van der Waals surface area contributed by atoms with Crippen LogP contribution in [0, 0.1) is 5.92 Å². The number of nitrogens with zero attached hydrogens (tertiary/aromatic N) is 1. The second-order valence-electron chi connectivity index (χ2n) is 5.54. The highest BCUT2D eigenvalue weighted by molar-refractivity contribution is 6.30. The van der Waals surface area contributed by atoms with Crippen molar-refractivity contribution in [3.63, 3.8) is 0 Å². The molecule has 0 radical (unpaired) electrons. The third kappa shape index (κ3) is 3.37. The van der Waals surface area contributed by atoms with Crippen molar-refractivity contribution in [1.29, 1.82) is 0 Å². The fourth-order valence-corrected chi connectivity index (χ4v) is 2.66. The molecule has 0 heterocycles. The minimum Gasteiger partial charge on any atom is -0.273 e. The van der Waals surface area contributed by atoms with Crippen LogP contribution in [0.4, 0.5) is 0 Å². The molecule has 0 unspecified atom stereocenters. The maximum absolute atomic E-state index is 12.1. The van der Waals surface area contributed by atoms with Gasteiger partial charge in [-0.1, -0.05) is 54.1 Å². The van der Waals surface area contributed by atoms with Gasteiger partial charge in [-0.05, 0) is 42.5 Å². The number of amides is 1. The Morgan fingerprint density at radius 3 is 2.50 bits per heavy atom. The van der Waals surface area contributed by atoms with Crippen LogP contribution in [0.5, 0.6) is 0 Å². The van der Waals surface area contributed by atoms with Gasteiger partial charge in [0.2, 0.25) is 5.91 Å². The summed E-state index contributed by atoms with van der Waals surface area (Å²) in [6, 6.07) is 17.5. The maximum atomic E-state index is 12.1. The molecule has 0 aromatic heterocycles. The first-order chi connectivity index (χ1) is 10.6. The van der Waals surface area contributed by atoms with Crippen molar-refractivity contribution in [2.45, 2.75) is 19.3 Å². The lowest BCUT2D eigenvalue weighted by atomic mass is 10.1. The lowest BCUT2D eigenvalue weighted by Crippen LogP contribution is -2.21. The highest BCUT2D eigenvalue weighted by Gasteiger charge is 2.43. The third-order valence-corrected chi connectivity index (χ3v) is 4.20. The van der Waals surface area contributed by atoms with E-state index < -0.39 is 0 Å². The van der Waals surface area contributed by atoms with Crippen molar-refractivity contribution in [1.82, 2.24) is 5.43 Å². The van der Waals surface area contributed by atoms with Gasteiger partial charge in [0.05, 0.1) is 5.71 Å². The Kier molecular flexibility index (Phi) is 4.25. The van der Waals surface area contributed by atoms with E-state index in [9.17, 15) is 4.79 Å². The zero-order valence-corrected chi connectivity index (χ0v) is 13.0. The van der Waals surface area contributed by atoms with E-state index in [4.69, 9.17) is 11.6 Å². The monoisotopic (exact) mass is 312 g/mol. The van der Waals surface area contributed by atoms with Gasteiger partial charge in [-0.2, -0.15) is 5.10 Å². The van der Waals surface area contributed by atoms with E-state index in [2.05, 4.69) is 22.7 Å². The van der Waals surface area contributed by atoms with Crippen LogP contribution in [-0.2, 0) is 4.79 Å². The molecule has 1 aliphatic rings. The second kappa shape index (κ2) is 6.32. The molecule has 0 bridgehead atoms. The Morgan fingerprint density at radius 1 is 1.14 bits per heavy atom. The summed E-state index contributed by atoms with van der Waals surface area (Å²) in [6.45, 7) is 1.87. The second-order valence-corrected chi connectivity index (χ2v) is 5.98. The van der Waals surface area contributed by atoms with Crippen molar-refractivity contribution < 1.29 is 4.79 Å². The Bertz CT molecular complexity index is 695. The van der Waals surface area contributed by atoms with Crippen molar-refractivity contribution in [2.24, 2.45) is 11.0 Å². The number of rotatable bonds is 4. The molecule has 0 spiro atoms. The van der Waals surface area contributed by atoms with Gasteiger partial charge < -0.3 is 0 Å². The third-order valence-electron chi connectivity index (χ3n) is 3.95. The van der Waals surface area contributed by atoms with Gasteiger partial charge in [0.25, 0.3) is 0 Å². The predicted octanol–water partition coefficient (Wildman–Crippen LogP) is 3.98. The number of hydrogen-bond acceptors (Lipinski definition) is 2. The van der Waals surface area contributed by atoms with Gasteiger partial charge in [0.15, 0.2) is 0 Å². The first-order valence-electron chi connectivity index (χ1n) is 7.30. The highest BCUT2D eigenvalue weighted by atomic mass is 35.5. The van der Waals surface area contributed by atoms with E-state index in [0.29, 0.717) is 10.9 Å². The molecule has 2 aromatic carbocycles. The van der Waals surface area contributed by atoms with Crippen molar-refractivity contribution >= 4 is 23.2 Å². The number of carbonyl (C=O) groups excluding carboxylic acids is 1. The average Bonchev–Trinajstić information content (AvgIpc) is 3.34. The standard InChI is InChI=1S/C18H17ClN2O/c1-12(13-7-9-15(19)10-8-13)20-21-18(22)17-11-16(17)14-5-3-2-4-6-14/h2-10,16-17H,11H2,1H3,(H,21,22)/b20-12-/t16-,17-/m1/s1. The molecule has 1 aliphatic carbocycles. The molecule has 0 aliphatic heterocycles. The van der Waals surface area contributed by atoms with Crippen LogP contribution >= 0.6 is 11.6 Å². The fraction of sp³-hybridized carbons (Fsp3) is 0.222. The van der Waals surface area contributed by atoms with E-state index in [-0.39, 0.29) is 11.8 Å². The van der Waals surface area contributed by atoms with Gasteiger partial charge in [0, 0.05) is 10.9 Å². The number of halogens is 1. The predicted molar refractivity (Wildman–Crippen MR) is 89.1 cm³/mol. The molecular formula is C18H17ClN2O. The molecule has 3 nitrogen and oxygen atoms in total. The van der Waals surface area contributed by atoms with Crippen molar-refractivity contribution in [3.8, 4) is 0 Å². The Balaban J connectivity index is 1.59. The zero-order chi connectivity index (χ0) is 15.5. The van der Waals surface area contributed by atoms with Crippen molar-refractivity contribution in [3.05, 3.63) is 70.7 Å². The summed E-state index contributed by atoms with van der Waals surface area (Å²) >= 11 is 5.86. The van der Waals surface area contributed by atoms with Crippen LogP contribution in [-0.4, -0.2) is 11.6 Å². The maximum Gasteiger partial charge on any atom is 0.243 e. The van der Waals surface area contributed by atoms with E-state index in [1.165, 1.54) is 5.56 Å². The summed E-state index contributed by atoms with van der Waals surface area (Å²) < 4.78 is 0. The van der Waals surface area contributed by atoms with Gasteiger partial charge in [-0.15, -0.1) is 0 Å². The molecule has 1 N–H and O–H groups in total. The lowest BCUT2D eigenvalue weighted by Gasteiger charge is -2.03. The van der Waals surface area contributed by atoms with E-state index in [0.717, 1.165) is 17.7 Å². The van der Waals surface area contributed by atoms with E-state index in [1.54, 1.807) is 0 Å². The Morgan fingerprint density at radius 2 is 1.82 bits per heavy atom. The molecule has 1 fully saturated rings. The summed E-state index contributed by atoms with van der Waals surface area (Å²) in [5.41, 5.74) is 5.61. The number of carbonyl (C=O) groups is 1. The molecule has 3 rings (SSSR count). The average molecular weight is 313 g/mol. The van der Waals surface area contributed by atoms with Gasteiger partial charge in [-0.3, -0.25) is 4.79 Å². The topological polar surface area (TPSA) is 41.5 Å². The summed E-state index contributed by atoms with van der Waals surface area (Å²) in [4.78, 5) is 12.1. The normalized spacial score (nSPS) is 20.5. The van der Waals surface area contributed by atoms with Gasteiger partial charge in [-0.25, -0.2) is 5.43 Å². The van der Waals surface area contributed by atoms with E-state index in [1.807, 2.05) is 49.4 Å². The number of hydrazone groups is 1. The van der Waals surface area contributed by atoms with Crippen LogP contribution in [0.15, 0.2) is 59.7 Å². The smallest absolute Gasteiger partial charge is 0.243 e. The minimum atomic E-state index is -0.0119. The lowest BCUT2D eigenvalue weighted by molar-refractivity contribution is -0.122. The zero-order valence-electron chi connectivity index (χ0n) is 12.3. The van der Waals surface area contributed by atoms with Crippen LogP contribution in [0.3, 0.4) is 0 Å². The summed E-state index contributed by atoms with van der Waals surface area (Å²) in [5.74, 6) is 0.346. The molecule has 4 heteroatoms. The molecule has 2 aromatic rings. The summed E-state index contributed by atoms with van der Waals surface area (Å²) in [5, 5.41) is 4.87. The quantitative estimate of drug-likeness (QED) is 0.673. The fourth-order valence-electron chi connectivity index (χ4n) is 2.53. The van der Waals surface area contributed by atoms with Crippen LogP contribution in [0.25, 0.3) is 0 Å². The number of hydrogen-bond donors (Lipinski definition) is 1. The molecule has 2 atom stereocenters. The van der Waals surface area contributed by atoms with Crippen LogP contribution in [0.1, 0.15) is 30.4 Å². The number of benzene rings is 2. The van der Waals surface area contributed by atoms with E-state index >= 15 is 0 Å². The van der Waals surface area contributed by atoms with Crippen LogP contribution < -0.4 is 5.43 Å². The molecule has 1 saturated carbocycles. The largest absolute Gasteiger partial charge is 0.273 e. The van der Waals surface area contributed by atoms with Gasteiger partial charge >= 0.3 is 0 Å². The minimum absolute atomic E-state index is 0.0119. The summed E-state index contributed by atoms with van der Waals surface area (Å²) in [6.07, 6.45) is 0.894. The Labute approximate surface area is 135 Å². The molecule has 1 amide bonds. The first kappa shape index (κ1) is 14.8. The molecule has 0 saturated heterocycles. The molecule has 112 valence electrons. The molecular weight excluding hydrogens is 296 g/mol. The van der Waals surface area contributed by atoms with Crippen molar-refractivity contribution in [2.75, 3.05) is 0 Å². The Hall–Kier alpha value is -2.13. The SMILES string of the molecule is C/C(=N/NC(=O)[C@@H]1C[C@@H]1c1ccccc1)c1ccc(Cl)cc1.